The highest BCUT2D eigenvalue weighted by Crippen LogP contribution is 2.24. The third kappa shape index (κ3) is 4.56. The molecule has 1 amide bonds. The molecule has 3 aromatic rings. The maximum atomic E-state index is 12.9. The summed E-state index contributed by atoms with van der Waals surface area (Å²) in [5, 5.41) is 3.14. The first kappa shape index (κ1) is 18.7. The molecule has 0 aliphatic carbocycles. The van der Waals surface area contributed by atoms with E-state index in [2.05, 4.69) is 5.32 Å². The highest BCUT2D eigenvalue weighted by Gasteiger charge is 2.22. The maximum absolute atomic E-state index is 12.9. The highest BCUT2D eigenvalue weighted by atomic mass is 16.5. The van der Waals surface area contributed by atoms with Crippen molar-refractivity contribution in [2.45, 2.75) is 32.9 Å². The lowest BCUT2D eigenvalue weighted by Gasteiger charge is -2.23. The van der Waals surface area contributed by atoms with Crippen molar-refractivity contribution in [3.05, 3.63) is 101 Å². The SMILES string of the molecule is Cc1cccc(OC(C)C(=O)NC(c2ccccc2)c2ccccc2)c1C. The van der Waals surface area contributed by atoms with Crippen LogP contribution in [0.5, 0.6) is 5.75 Å². The number of amides is 1. The second kappa shape index (κ2) is 8.54. The Balaban J connectivity index is 1.79. The minimum atomic E-state index is -0.597. The van der Waals surface area contributed by atoms with Gasteiger partial charge in [0.1, 0.15) is 5.75 Å². The molecule has 1 atom stereocenters. The molecule has 0 aliphatic rings. The molecule has 0 radical (unpaired) electrons. The summed E-state index contributed by atoms with van der Waals surface area (Å²) < 4.78 is 5.95. The average Bonchev–Trinajstić information content (AvgIpc) is 2.70. The molecule has 1 unspecified atom stereocenters. The molecular weight excluding hydrogens is 334 g/mol. The summed E-state index contributed by atoms with van der Waals surface area (Å²) >= 11 is 0. The van der Waals surface area contributed by atoms with E-state index in [9.17, 15) is 4.79 Å². The molecule has 0 aromatic heterocycles. The second-order valence-corrected chi connectivity index (χ2v) is 6.72. The predicted octanol–water partition coefficient (Wildman–Crippen LogP) is 4.98. The Kier molecular flexibility index (Phi) is 5.92. The molecule has 3 aromatic carbocycles. The van der Waals surface area contributed by atoms with Crippen molar-refractivity contribution in [3.8, 4) is 5.75 Å². The molecule has 0 saturated heterocycles. The second-order valence-electron chi connectivity index (χ2n) is 6.72. The third-order valence-corrected chi connectivity index (χ3v) is 4.78. The summed E-state index contributed by atoms with van der Waals surface area (Å²) in [5.74, 6) is 0.599. The number of carbonyl (C=O) groups excluding carboxylic acids is 1. The van der Waals surface area contributed by atoms with Crippen LogP contribution < -0.4 is 10.1 Å². The van der Waals surface area contributed by atoms with Crippen molar-refractivity contribution in [2.24, 2.45) is 0 Å². The van der Waals surface area contributed by atoms with Gasteiger partial charge in [-0.15, -0.1) is 0 Å². The van der Waals surface area contributed by atoms with Gasteiger partial charge in [-0.1, -0.05) is 72.8 Å². The smallest absolute Gasteiger partial charge is 0.261 e. The van der Waals surface area contributed by atoms with Crippen LogP contribution in [0.3, 0.4) is 0 Å². The molecule has 3 heteroatoms. The molecule has 0 bridgehead atoms. The van der Waals surface area contributed by atoms with Gasteiger partial charge in [-0.3, -0.25) is 4.79 Å². The Morgan fingerprint density at radius 3 is 1.93 bits per heavy atom. The zero-order valence-corrected chi connectivity index (χ0v) is 16.0. The normalized spacial score (nSPS) is 11.9. The molecule has 138 valence electrons. The standard InChI is InChI=1S/C24H25NO2/c1-17-11-10-16-22(18(17)2)27-19(3)24(26)25-23(20-12-6-4-7-13-20)21-14-8-5-9-15-21/h4-16,19,23H,1-3H3,(H,25,26). The largest absolute Gasteiger partial charge is 0.481 e. The van der Waals surface area contributed by atoms with Crippen LogP contribution in [-0.2, 0) is 4.79 Å². The molecule has 0 spiro atoms. The van der Waals surface area contributed by atoms with Gasteiger partial charge in [0, 0.05) is 0 Å². The van der Waals surface area contributed by atoms with E-state index in [1.165, 1.54) is 0 Å². The number of rotatable bonds is 6. The molecule has 0 heterocycles. The Bertz CT molecular complexity index is 851. The van der Waals surface area contributed by atoms with Gasteiger partial charge in [0.25, 0.3) is 5.91 Å². The topological polar surface area (TPSA) is 38.3 Å². The third-order valence-electron chi connectivity index (χ3n) is 4.78. The predicted molar refractivity (Wildman–Crippen MR) is 109 cm³/mol. The van der Waals surface area contributed by atoms with E-state index in [0.29, 0.717) is 0 Å². The quantitative estimate of drug-likeness (QED) is 0.674. The van der Waals surface area contributed by atoms with Gasteiger partial charge in [-0.05, 0) is 49.1 Å². The number of benzene rings is 3. The van der Waals surface area contributed by atoms with Crippen molar-refractivity contribution >= 4 is 5.91 Å². The lowest BCUT2D eigenvalue weighted by molar-refractivity contribution is -0.127. The summed E-state index contributed by atoms with van der Waals surface area (Å²) in [7, 11) is 0. The van der Waals surface area contributed by atoms with Crippen LogP contribution >= 0.6 is 0 Å². The van der Waals surface area contributed by atoms with Crippen LogP contribution in [-0.4, -0.2) is 12.0 Å². The molecule has 0 fully saturated rings. The fourth-order valence-corrected chi connectivity index (χ4v) is 3.01. The van der Waals surface area contributed by atoms with Crippen molar-refractivity contribution in [3.63, 3.8) is 0 Å². The first-order valence-electron chi connectivity index (χ1n) is 9.19. The van der Waals surface area contributed by atoms with E-state index in [-0.39, 0.29) is 11.9 Å². The maximum Gasteiger partial charge on any atom is 0.261 e. The zero-order valence-electron chi connectivity index (χ0n) is 16.0. The molecule has 3 nitrogen and oxygen atoms in total. The van der Waals surface area contributed by atoms with Crippen LogP contribution in [0, 0.1) is 13.8 Å². The first-order chi connectivity index (χ1) is 13.1. The van der Waals surface area contributed by atoms with Gasteiger partial charge in [-0.2, -0.15) is 0 Å². The van der Waals surface area contributed by atoms with Gasteiger partial charge in [0.2, 0.25) is 0 Å². The number of nitrogens with one attached hydrogen (secondary N) is 1. The minimum absolute atomic E-state index is 0.145. The Morgan fingerprint density at radius 2 is 1.37 bits per heavy atom. The first-order valence-corrected chi connectivity index (χ1v) is 9.19. The lowest BCUT2D eigenvalue weighted by atomic mass is 9.98. The van der Waals surface area contributed by atoms with Crippen molar-refractivity contribution < 1.29 is 9.53 Å². The van der Waals surface area contributed by atoms with Gasteiger partial charge >= 0.3 is 0 Å². The van der Waals surface area contributed by atoms with Crippen LogP contribution in [0.25, 0.3) is 0 Å². The molecule has 27 heavy (non-hydrogen) atoms. The van der Waals surface area contributed by atoms with E-state index >= 15 is 0 Å². The summed E-state index contributed by atoms with van der Waals surface area (Å²) in [4.78, 5) is 12.9. The van der Waals surface area contributed by atoms with Crippen molar-refractivity contribution in [1.29, 1.82) is 0 Å². The summed E-state index contributed by atoms with van der Waals surface area (Å²) in [6.45, 7) is 5.82. The highest BCUT2D eigenvalue weighted by molar-refractivity contribution is 5.81. The zero-order chi connectivity index (χ0) is 19.2. The number of ether oxygens (including phenoxy) is 1. The van der Waals surface area contributed by atoms with Gasteiger partial charge in [0.05, 0.1) is 6.04 Å². The van der Waals surface area contributed by atoms with Crippen molar-refractivity contribution in [2.75, 3.05) is 0 Å². The number of carbonyl (C=O) groups is 1. The van der Waals surface area contributed by atoms with E-state index < -0.39 is 6.10 Å². The number of hydrogen-bond donors (Lipinski definition) is 1. The van der Waals surface area contributed by atoms with E-state index in [1.54, 1.807) is 6.92 Å². The van der Waals surface area contributed by atoms with Gasteiger partial charge in [-0.25, -0.2) is 0 Å². The van der Waals surface area contributed by atoms with E-state index in [1.807, 2.05) is 92.7 Å². The molecule has 3 rings (SSSR count). The molecular formula is C24H25NO2. The Hall–Kier alpha value is -3.07. The van der Waals surface area contributed by atoms with E-state index in [0.717, 1.165) is 28.0 Å². The van der Waals surface area contributed by atoms with Crippen LogP contribution in [0.15, 0.2) is 78.9 Å². The number of aryl methyl sites for hydroxylation is 1. The molecule has 1 N–H and O–H groups in total. The monoisotopic (exact) mass is 359 g/mol. The minimum Gasteiger partial charge on any atom is -0.481 e. The average molecular weight is 359 g/mol. The van der Waals surface area contributed by atoms with Crippen molar-refractivity contribution in [1.82, 2.24) is 5.32 Å². The fourth-order valence-electron chi connectivity index (χ4n) is 3.01. The Labute approximate surface area is 161 Å². The summed E-state index contributed by atoms with van der Waals surface area (Å²) in [6.07, 6.45) is -0.597. The van der Waals surface area contributed by atoms with E-state index in [4.69, 9.17) is 4.74 Å². The summed E-state index contributed by atoms with van der Waals surface area (Å²) in [6, 6.07) is 25.6. The van der Waals surface area contributed by atoms with Crippen LogP contribution in [0.4, 0.5) is 0 Å². The van der Waals surface area contributed by atoms with Gasteiger partial charge in [0.15, 0.2) is 6.10 Å². The fraction of sp³-hybridized carbons (Fsp3) is 0.208. The number of hydrogen-bond acceptors (Lipinski definition) is 2. The Morgan fingerprint density at radius 1 is 0.815 bits per heavy atom. The molecule has 0 saturated carbocycles. The van der Waals surface area contributed by atoms with Crippen LogP contribution in [0.1, 0.15) is 35.2 Å². The molecule has 0 aliphatic heterocycles. The van der Waals surface area contributed by atoms with Gasteiger partial charge < -0.3 is 10.1 Å². The summed E-state index contributed by atoms with van der Waals surface area (Å²) in [5.41, 5.74) is 4.28. The van der Waals surface area contributed by atoms with Crippen LogP contribution in [0.2, 0.25) is 0 Å². The lowest BCUT2D eigenvalue weighted by Crippen LogP contribution is -2.39.